The highest BCUT2D eigenvalue weighted by Crippen LogP contribution is 2.32. The first-order chi connectivity index (χ1) is 21.2. The molecule has 5 rings (SSSR count). The van der Waals surface area contributed by atoms with Crippen molar-refractivity contribution in [3.8, 4) is 11.5 Å². The third kappa shape index (κ3) is 8.96. The van der Waals surface area contributed by atoms with Crippen molar-refractivity contribution >= 4 is 5.69 Å². The zero-order valence-electron chi connectivity index (χ0n) is 25.8. The van der Waals surface area contributed by atoms with Crippen LogP contribution in [0.4, 0.5) is 5.69 Å². The Morgan fingerprint density at radius 3 is 2.70 bits per heavy atom. The largest absolute Gasteiger partial charge is 0.496 e. The quantitative estimate of drug-likeness (QED) is 0.204. The molecule has 1 fully saturated rings. The number of ether oxygens (including phenoxy) is 4. The summed E-state index contributed by atoms with van der Waals surface area (Å²) in [5.41, 5.74) is 12.2. The van der Waals surface area contributed by atoms with Gasteiger partial charge in [0.15, 0.2) is 0 Å². The lowest BCUT2D eigenvalue weighted by molar-refractivity contribution is 0.0106. The van der Waals surface area contributed by atoms with E-state index in [1.807, 2.05) is 24.3 Å². The van der Waals surface area contributed by atoms with Gasteiger partial charge in [-0.3, -0.25) is 0 Å². The number of hydrogen-bond acceptors (Lipinski definition) is 7. The van der Waals surface area contributed by atoms with Crippen LogP contribution < -0.4 is 25.4 Å². The van der Waals surface area contributed by atoms with E-state index in [2.05, 4.69) is 52.7 Å². The van der Waals surface area contributed by atoms with Gasteiger partial charge in [-0.15, -0.1) is 0 Å². The number of aryl methyl sites for hydroxylation is 1. The first-order valence-corrected chi connectivity index (χ1v) is 16.1. The minimum Gasteiger partial charge on any atom is -0.496 e. The number of fused-ring (bicyclic) bond motifs is 1. The maximum Gasteiger partial charge on any atom is 0.124 e. The Balaban J connectivity index is 1.08. The summed E-state index contributed by atoms with van der Waals surface area (Å²) in [5.74, 6) is 2.12. The van der Waals surface area contributed by atoms with Crippen LogP contribution in [0.3, 0.4) is 0 Å². The molecule has 0 unspecified atom stereocenters. The number of unbranched alkanes of at least 4 members (excludes halogenated alkanes) is 1. The molecule has 43 heavy (non-hydrogen) atoms. The van der Waals surface area contributed by atoms with Crippen molar-refractivity contribution in [3.05, 3.63) is 89.0 Å². The van der Waals surface area contributed by atoms with Gasteiger partial charge >= 0.3 is 0 Å². The predicted molar refractivity (Wildman–Crippen MR) is 173 cm³/mol. The number of benzene rings is 3. The number of anilines is 1. The molecule has 2 aliphatic rings. The number of nitrogens with one attached hydrogen (secondary N) is 1. The fourth-order valence-electron chi connectivity index (χ4n) is 6.22. The number of para-hydroxylation sites is 1. The standard InChI is InChI=1S/C36H49N3O4/c1-40-35-10-3-2-8-31(35)27-41-22-7-23-42-32-15-13-29(14-16-32)33-17-19-38-25-36(33)43-26-28-11-12-30-9-6-21-39(34(30)24-28)20-5-4-18-37/h2-3,8,10-16,24,33,36,38H,4-7,9,17-23,25-27,37H2,1H3/t33-,36+/m1/s1. The van der Waals surface area contributed by atoms with Gasteiger partial charge in [-0.1, -0.05) is 42.5 Å². The van der Waals surface area contributed by atoms with E-state index in [1.54, 1.807) is 7.11 Å². The number of rotatable bonds is 16. The summed E-state index contributed by atoms with van der Waals surface area (Å²) in [6, 6.07) is 23.5. The lowest BCUT2D eigenvalue weighted by Crippen LogP contribution is -2.41. The monoisotopic (exact) mass is 587 g/mol. The lowest BCUT2D eigenvalue weighted by atomic mass is 9.87. The Morgan fingerprint density at radius 2 is 1.84 bits per heavy atom. The molecule has 3 aromatic carbocycles. The van der Waals surface area contributed by atoms with Crippen molar-refractivity contribution in [1.82, 2.24) is 5.32 Å². The predicted octanol–water partition coefficient (Wildman–Crippen LogP) is 5.83. The minimum absolute atomic E-state index is 0.137. The number of nitrogens with two attached hydrogens (primary N) is 1. The second-order valence-corrected chi connectivity index (χ2v) is 11.6. The van der Waals surface area contributed by atoms with Gasteiger partial charge in [0.25, 0.3) is 0 Å². The van der Waals surface area contributed by atoms with Gasteiger partial charge in [0.1, 0.15) is 11.5 Å². The zero-order valence-corrected chi connectivity index (χ0v) is 25.8. The molecule has 2 atom stereocenters. The van der Waals surface area contributed by atoms with E-state index in [-0.39, 0.29) is 6.10 Å². The molecule has 0 spiro atoms. The summed E-state index contributed by atoms with van der Waals surface area (Å²) < 4.78 is 23.8. The average molecular weight is 588 g/mol. The molecule has 1 saturated heterocycles. The maximum atomic E-state index is 6.59. The van der Waals surface area contributed by atoms with Crippen molar-refractivity contribution in [2.24, 2.45) is 5.73 Å². The Morgan fingerprint density at radius 1 is 0.953 bits per heavy atom. The van der Waals surface area contributed by atoms with E-state index >= 15 is 0 Å². The highest BCUT2D eigenvalue weighted by atomic mass is 16.5. The molecule has 0 radical (unpaired) electrons. The molecule has 3 N–H and O–H groups in total. The summed E-state index contributed by atoms with van der Waals surface area (Å²) in [6.07, 6.45) is 6.65. The van der Waals surface area contributed by atoms with Gasteiger partial charge in [-0.25, -0.2) is 0 Å². The second-order valence-electron chi connectivity index (χ2n) is 11.6. The van der Waals surface area contributed by atoms with Crippen molar-refractivity contribution < 1.29 is 18.9 Å². The van der Waals surface area contributed by atoms with Gasteiger partial charge < -0.3 is 34.9 Å². The van der Waals surface area contributed by atoms with Crippen molar-refractivity contribution in [1.29, 1.82) is 0 Å². The van der Waals surface area contributed by atoms with E-state index in [0.717, 1.165) is 81.9 Å². The maximum absolute atomic E-state index is 6.59. The third-order valence-corrected chi connectivity index (χ3v) is 8.60. The number of hydrogen-bond donors (Lipinski definition) is 2. The van der Waals surface area contributed by atoms with E-state index in [9.17, 15) is 0 Å². The number of methoxy groups -OCH3 is 1. The highest BCUT2D eigenvalue weighted by molar-refractivity contribution is 5.57. The molecule has 2 aliphatic heterocycles. The second kappa shape index (κ2) is 16.7. The summed E-state index contributed by atoms with van der Waals surface area (Å²) in [7, 11) is 1.69. The Kier molecular flexibility index (Phi) is 12.1. The first kappa shape index (κ1) is 31.3. The van der Waals surface area contributed by atoms with E-state index in [4.69, 9.17) is 24.7 Å². The van der Waals surface area contributed by atoms with Crippen molar-refractivity contribution in [2.75, 3.05) is 57.9 Å². The third-order valence-electron chi connectivity index (χ3n) is 8.60. The summed E-state index contributed by atoms with van der Waals surface area (Å²) in [4.78, 5) is 2.54. The Labute approximate surface area is 257 Å². The molecule has 0 amide bonds. The summed E-state index contributed by atoms with van der Waals surface area (Å²) >= 11 is 0. The normalized spacial score (nSPS) is 18.3. The van der Waals surface area contributed by atoms with E-state index in [0.29, 0.717) is 32.3 Å². The molecule has 232 valence electrons. The van der Waals surface area contributed by atoms with Gasteiger partial charge in [0.05, 0.1) is 39.6 Å². The molecular weight excluding hydrogens is 538 g/mol. The van der Waals surface area contributed by atoms with Crippen LogP contribution in [-0.4, -0.2) is 59.2 Å². The molecule has 3 aromatic rings. The Hall–Kier alpha value is -3.10. The number of nitrogens with zero attached hydrogens (tertiary/aromatic N) is 1. The molecule has 0 aromatic heterocycles. The van der Waals surface area contributed by atoms with Crippen LogP contribution in [0.2, 0.25) is 0 Å². The van der Waals surface area contributed by atoms with E-state index in [1.165, 1.54) is 28.8 Å². The van der Waals surface area contributed by atoms with Gasteiger partial charge in [0, 0.05) is 43.2 Å². The molecule has 2 heterocycles. The number of piperidine rings is 1. The summed E-state index contributed by atoms with van der Waals surface area (Å²) in [5, 5.41) is 3.54. The molecule has 0 bridgehead atoms. The van der Waals surface area contributed by atoms with Crippen LogP contribution in [0.25, 0.3) is 0 Å². The van der Waals surface area contributed by atoms with Crippen molar-refractivity contribution in [2.45, 2.75) is 63.8 Å². The van der Waals surface area contributed by atoms with E-state index < -0.39 is 0 Å². The fraction of sp³-hybridized carbons (Fsp3) is 0.500. The minimum atomic E-state index is 0.137. The molecule has 7 nitrogen and oxygen atoms in total. The molecule has 7 heteroatoms. The van der Waals surface area contributed by atoms with Crippen LogP contribution in [0.15, 0.2) is 66.7 Å². The zero-order chi connectivity index (χ0) is 29.7. The lowest BCUT2D eigenvalue weighted by Gasteiger charge is -2.33. The van der Waals surface area contributed by atoms with Gasteiger partial charge in [0.2, 0.25) is 0 Å². The molecule has 0 saturated carbocycles. The molecule has 0 aliphatic carbocycles. The summed E-state index contributed by atoms with van der Waals surface area (Å²) in [6.45, 7) is 7.29. The van der Waals surface area contributed by atoms with Crippen LogP contribution in [0, 0.1) is 0 Å². The van der Waals surface area contributed by atoms with Crippen molar-refractivity contribution in [3.63, 3.8) is 0 Å². The molecular formula is C36H49N3O4. The van der Waals surface area contributed by atoms with Crippen LogP contribution in [0.1, 0.15) is 60.3 Å². The van der Waals surface area contributed by atoms with Gasteiger partial charge in [-0.2, -0.15) is 0 Å². The van der Waals surface area contributed by atoms with Gasteiger partial charge in [-0.05, 0) is 86.1 Å². The van der Waals surface area contributed by atoms with Crippen LogP contribution in [0.5, 0.6) is 11.5 Å². The van der Waals surface area contributed by atoms with Crippen LogP contribution >= 0.6 is 0 Å². The SMILES string of the molecule is COc1ccccc1COCCCOc1ccc([C@H]2CCNC[C@@H]2OCc2ccc3c(c2)N(CCCCN)CCC3)cc1. The topological polar surface area (TPSA) is 78.2 Å². The smallest absolute Gasteiger partial charge is 0.124 e. The first-order valence-electron chi connectivity index (χ1n) is 16.1. The average Bonchev–Trinajstić information content (AvgIpc) is 3.06. The highest BCUT2D eigenvalue weighted by Gasteiger charge is 2.27. The fourth-order valence-corrected chi connectivity index (χ4v) is 6.22. The Bertz CT molecular complexity index is 1250. The van der Waals surface area contributed by atoms with Crippen LogP contribution in [-0.2, 0) is 29.1 Å².